The lowest BCUT2D eigenvalue weighted by molar-refractivity contribution is -0.128. The van der Waals surface area contributed by atoms with Crippen LogP contribution in [0.5, 0.6) is 0 Å². The van der Waals surface area contributed by atoms with Gasteiger partial charge in [-0.2, -0.15) is 11.8 Å². The molecule has 4 heteroatoms. The third-order valence-electron chi connectivity index (χ3n) is 2.37. The summed E-state index contributed by atoms with van der Waals surface area (Å²) in [5, 5.41) is 3.71. The fraction of sp³-hybridized carbons (Fsp3) is 0.500. The molecule has 0 atom stereocenters. The zero-order valence-corrected chi connectivity index (χ0v) is 12.7. The maximum absolute atomic E-state index is 11.6. The lowest BCUT2D eigenvalue weighted by Crippen LogP contribution is -2.36. The Morgan fingerprint density at radius 3 is 2.72 bits per heavy atom. The average Bonchev–Trinajstić information content (AvgIpc) is 2.27. The molecule has 0 aliphatic rings. The Labute approximate surface area is 118 Å². The first-order valence-electron chi connectivity index (χ1n) is 6.00. The summed E-state index contributed by atoms with van der Waals surface area (Å²) in [7, 11) is 0. The predicted octanol–water partition coefficient (Wildman–Crippen LogP) is 3.74. The van der Waals surface area contributed by atoms with Gasteiger partial charge in [0.25, 0.3) is 0 Å². The van der Waals surface area contributed by atoms with E-state index in [1.807, 2.05) is 39.0 Å². The van der Waals surface area contributed by atoms with Gasteiger partial charge < -0.3 is 5.32 Å². The minimum absolute atomic E-state index is 0.103. The largest absolute Gasteiger partial charge is 0.355 e. The van der Waals surface area contributed by atoms with E-state index in [-0.39, 0.29) is 11.3 Å². The Hall–Kier alpha value is -0.670. The Bertz CT molecular complexity index is 401. The SMILES string of the molecule is CC(C)(C)C(=O)NCCSCc1cccc(Cl)c1. The van der Waals surface area contributed by atoms with Gasteiger partial charge in [-0.05, 0) is 17.7 Å². The van der Waals surface area contributed by atoms with Crippen LogP contribution in [-0.2, 0) is 10.5 Å². The number of carbonyl (C=O) groups excluding carboxylic acids is 1. The Balaban J connectivity index is 2.18. The molecule has 100 valence electrons. The molecule has 0 radical (unpaired) electrons. The molecule has 1 aromatic rings. The molecule has 1 N–H and O–H groups in total. The molecule has 1 rings (SSSR count). The van der Waals surface area contributed by atoms with E-state index in [0.717, 1.165) is 16.5 Å². The van der Waals surface area contributed by atoms with Gasteiger partial charge in [0, 0.05) is 28.5 Å². The molecule has 1 aromatic carbocycles. The Kier molecular flexibility index (Phi) is 6.03. The van der Waals surface area contributed by atoms with Gasteiger partial charge in [0.15, 0.2) is 0 Å². The van der Waals surface area contributed by atoms with Crippen LogP contribution in [0.1, 0.15) is 26.3 Å². The van der Waals surface area contributed by atoms with Crippen molar-refractivity contribution in [1.82, 2.24) is 5.32 Å². The number of hydrogen-bond donors (Lipinski definition) is 1. The quantitative estimate of drug-likeness (QED) is 0.835. The van der Waals surface area contributed by atoms with Gasteiger partial charge in [0.2, 0.25) is 5.91 Å². The first-order valence-corrected chi connectivity index (χ1v) is 7.53. The first-order chi connectivity index (χ1) is 8.39. The number of halogens is 1. The highest BCUT2D eigenvalue weighted by Crippen LogP contribution is 2.16. The summed E-state index contributed by atoms with van der Waals surface area (Å²) in [6, 6.07) is 7.87. The van der Waals surface area contributed by atoms with E-state index >= 15 is 0 Å². The van der Waals surface area contributed by atoms with E-state index in [4.69, 9.17) is 11.6 Å². The molecule has 0 saturated heterocycles. The van der Waals surface area contributed by atoms with Crippen LogP contribution in [-0.4, -0.2) is 18.2 Å². The summed E-state index contributed by atoms with van der Waals surface area (Å²) in [4.78, 5) is 11.6. The van der Waals surface area contributed by atoms with Crippen LogP contribution in [0.25, 0.3) is 0 Å². The number of thioether (sulfide) groups is 1. The van der Waals surface area contributed by atoms with Crippen molar-refractivity contribution < 1.29 is 4.79 Å². The molecule has 1 amide bonds. The van der Waals surface area contributed by atoms with Crippen molar-refractivity contribution in [2.45, 2.75) is 26.5 Å². The normalized spacial score (nSPS) is 11.3. The van der Waals surface area contributed by atoms with E-state index in [2.05, 4.69) is 11.4 Å². The van der Waals surface area contributed by atoms with Crippen molar-refractivity contribution in [2.75, 3.05) is 12.3 Å². The third kappa shape index (κ3) is 5.78. The molecule has 0 bridgehead atoms. The van der Waals surface area contributed by atoms with E-state index in [1.165, 1.54) is 5.56 Å². The van der Waals surface area contributed by atoms with E-state index in [1.54, 1.807) is 11.8 Å². The Morgan fingerprint density at radius 1 is 1.39 bits per heavy atom. The van der Waals surface area contributed by atoms with Crippen molar-refractivity contribution >= 4 is 29.3 Å². The van der Waals surface area contributed by atoms with Crippen LogP contribution in [0.4, 0.5) is 0 Å². The smallest absolute Gasteiger partial charge is 0.225 e. The number of benzene rings is 1. The number of amides is 1. The number of carbonyl (C=O) groups is 1. The summed E-state index contributed by atoms with van der Waals surface area (Å²) in [6.07, 6.45) is 0. The van der Waals surface area contributed by atoms with Crippen LogP contribution in [0.15, 0.2) is 24.3 Å². The summed E-state index contributed by atoms with van der Waals surface area (Å²) < 4.78 is 0. The second kappa shape index (κ2) is 7.05. The molecular weight excluding hydrogens is 266 g/mol. The van der Waals surface area contributed by atoms with Gasteiger partial charge in [-0.15, -0.1) is 0 Å². The molecule has 0 unspecified atom stereocenters. The van der Waals surface area contributed by atoms with Crippen LogP contribution < -0.4 is 5.32 Å². The molecule has 0 aromatic heterocycles. The summed E-state index contributed by atoms with van der Waals surface area (Å²) in [5.41, 5.74) is 0.909. The highest BCUT2D eigenvalue weighted by atomic mass is 35.5. The minimum atomic E-state index is -0.308. The van der Waals surface area contributed by atoms with Crippen LogP contribution in [0, 0.1) is 5.41 Å². The highest BCUT2D eigenvalue weighted by molar-refractivity contribution is 7.98. The van der Waals surface area contributed by atoms with Gasteiger partial charge in [-0.25, -0.2) is 0 Å². The average molecular weight is 286 g/mol. The van der Waals surface area contributed by atoms with Gasteiger partial charge in [-0.3, -0.25) is 4.79 Å². The molecule has 0 spiro atoms. The molecule has 18 heavy (non-hydrogen) atoms. The van der Waals surface area contributed by atoms with Crippen LogP contribution in [0.2, 0.25) is 5.02 Å². The number of rotatable bonds is 5. The van der Waals surface area contributed by atoms with Crippen molar-refractivity contribution in [1.29, 1.82) is 0 Å². The van der Waals surface area contributed by atoms with E-state index in [0.29, 0.717) is 6.54 Å². The second-order valence-electron chi connectivity index (χ2n) is 5.19. The molecule has 2 nitrogen and oxygen atoms in total. The zero-order chi connectivity index (χ0) is 13.6. The molecular formula is C14H20ClNOS. The molecule has 0 saturated carbocycles. The van der Waals surface area contributed by atoms with Crippen LogP contribution in [0.3, 0.4) is 0 Å². The van der Waals surface area contributed by atoms with Crippen LogP contribution >= 0.6 is 23.4 Å². The molecule has 0 aliphatic carbocycles. The zero-order valence-electron chi connectivity index (χ0n) is 11.1. The number of nitrogens with one attached hydrogen (secondary N) is 1. The third-order valence-corrected chi connectivity index (χ3v) is 3.64. The van der Waals surface area contributed by atoms with Crippen molar-refractivity contribution in [2.24, 2.45) is 5.41 Å². The topological polar surface area (TPSA) is 29.1 Å². The summed E-state index contributed by atoms with van der Waals surface area (Å²) in [6.45, 7) is 6.46. The predicted molar refractivity (Wildman–Crippen MR) is 80.1 cm³/mol. The molecule has 0 fully saturated rings. The lowest BCUT2D eigenvalue weighted by atomic mass is 9.96. The molecule has 0 heterocycles. The first kappa shape index (κ1) is 15.4. The summed E-state index contributed by atoms with van der Waals surface area (Å²) in [5.74, 6) is 1.94. The second-order valence-corrected chi connectivity index (χ2v) is 6.73. The fourth-order valence-corrected chi connectivity index (χ4v) is 2.34. The van der Waals surface area contributed by atoms with E-state index in [9.17, 15) is 4.79 Å². The van der Waals surface area contributed by atoms with Gasteiger partial charge in [0.05, 0.1) is 0 Å². The Morgan fingerprint density at radius 2 is 2.11 bits per heavy atom. The standard InChI is InChI=1S/C14H20ClNOS/c1-14(2,3)13(17)16-7-8-18-10-11-5-4-6-12(15)9-11/h4-6,9H,7-8,10H2,1-3H3,(H,16,17). The van der Waals surface area contributed by atoms with E-state index < -0.39 is 0 Å². The summed E-state index contributed by atoms with van der Waals surface area (Å²) >= 11 is 7.70. The van der Waals surface area contributed by atoms with Crippen molar-refractivity contribution in [3.63, 3.8) is 0 Å². The monoisotopic (exact) mass is 285 g/mol. The molecule has 0 aliphatic heterocycles. The van der Waals surface area contributed by atoms with Gasteiger partial charge in [0.1, 0.15) is 0 Å². The number of hydrogen-bond acceptors (Lipinski definition) is 2. The fourth-order valence-electron chi connectivity index (χ4n) is 1.32. The van der Waals surface area contributed by atoms with Gasteiger partial charge in [-0.1, -0.05) is 44.5 Å². The van der Waals surface area contributed by atoms with Gasteiger partial charge >= 0.3 is 0 Å². The highest BCUT2D eigenvalue weighted by Gasteiger charge is 2.20. The van der Waals surface area contributed by atoms with Crippen molar-refractivity contribution in [3.05, 3.63) is 34.9 Å². The lowest BCUT2D eigenvalue weighted by Gasteiger charge is -2.17. The van der Waals surface area contributed by atoms with Crippen molar-refractivity contribution in [3.8, 4) is 0 Å². The maximum Gasteiger partial charge on any atom is 0.225 e. The maximum atomic E-state index is 11.6. The minimum Gasteiger partial charge on any atom is -0.355 e.